The van der Waals surface area contributed by atoms with E-state index in [-0.39, 0.29) is 5.91 Å². The minimum atomic E-state index is -0.511. The molecule has 2 aliphatic heterocycles. The normalized spacial score (nSPS) is 19.3. The van der Waals surface area contributed by atoms with Crippen LogP contribution in [0.1, 0.15) is 26.2 Å². The number of nitrogens with zero attached hydrogens (tertiary/aromatic N) is 7. The van der Waals surface area contributed by atoms with Crippen LogP contribution in [0.2, 0.25) is 0 Å². The van der Waals surface area contributed by atoms with Gasteiger partial charge in [0.2, 0.25) is 5.95 Å². The van der Waals surface area contributed by atoms with Crippen molar-refractivity contribution in [3.8, 4) is 28.5 Å². The molecule has 8 nitrogen and oxygen atoms in total. The van der Waals surface area contributed by atoms with Gasteiger partial charge in [-0.15, -0.1) is 0 Å². The van der Waals surface area contributed by atoms with Crippen LogP contribution < -0.4 is 9.80 Å². The van der Waals surface area contributed by atoms with Crippen molar-refractivity contribution in [2.75, 3.05) is 23.4 Å². The molecule has 2 aliphatic rings. The highest BCUT2D eigenvalue weighted by Crippen LogP contribution is 2.45. The third-order valence-corrected chi connectivity index (χ3v) is 7.10. The molecule has 6 rings (SSSR count). The van der Waals surface area contributed by atoms with Gasteiger partial charge in [0.1, 0.15) is 17.1 Å². The Morgan fingerprint density at radius 3 is 2.71 bits per heavy atom. The summed E-state index contributed by atoms with van der Waals surface area (Å²) in [6, 6.07) is 12.2. The predicted molar refractivity (Wildman–Crippen MR) is 131 cm³/mol. The average molecular weight is 452 g/mol. The highest BCUT2D eigenvalue weighted by atomic mass is 16.2. The summed E-state index contributed by atoms with van der Waals surface area (Å²) in [5.41, 5.74) is 3.31. The number of pyridine rings is 1. The van der Waals surface area contributed by atoms with Gasteiger partial charge in [0.05, 0.1) is 6.20 Å². The second-order valence-electron chi connectivity index (χ2n) is 8.83. The highest BCUT2D eigenvalue weighted by molar-refractivity contribution is 6.07. The van der Waals surface area contributed by atoms with Gasteiger partial charge >= 0.3 is 0 Å². The lowest BCUT2D eigenvalue weighted by molar-refractivity contribution is -0.123. The molecule has 1 amide bonds. The highest BCUT2D eigenvalue weighted by Gasteiger charge is 2.52. The number of hydrogen-bond acceptors (Lipinski definition) is 6. The molecule has 1 fully saturated rings. The van der Waals surface area contributed by atoms with Crippen molar-refractivity contribution >= 4 is 17.4 Å². The quantitative estimate of drug-likeness (QED) is 0.464. The topological polar surface area (TPSA) is 80.0 Å². The minimum Gasteiger partial charge on any atom is -0.340 e. The van der Waals surface area contributed by atoms with E-state index < -0.39 is 5.54 Å². The number of anilines is 2. The maximum atomic E-state index is 13.2. The fourth-order valence-electron chi connectivity index (χ4n) is 5.31. The van der Waals surface area contributed by atoms with E-state index in [2.05, 4.69) is 38.9 Å². The number of carbonyl (C=O) groups is 1. The first-order chi connectivity index (χ1) is 16.6. The molecule has 5 heterocycles. The number of likely N-dealkylation sites (N-methyl/N-ethyl adjacent to an activating group) is 1. The third-order valence-electron chi connectivity index (χ3n) is 7.10. The summed E-state index contributed by atoms with van der Waals surface area (Å²) in [6.07, 6.45) is 11.6. The Kier molecular flexibility index (Phi) is 4.69. The Labute approximate surface area is 197 Å². The van der Waals surface area contributed by atoms with Gasteiger partial charge in [0.15, 0.2) is 5.82 Å². The molecule has 8 heteroatoms. The van der Waals surface area contributed by atoms with Crippen LogP contribution >= 0.6 is 0 Å². The lowest BCUT2D eigenvalue weighted by atomic mass is 9.89. The smallest absolute Gasteiger partial charge is 0.252 e. The number of hydrogen-bond donors (Lipinski definition) is 0. The average Bonchev–Trinajstić information content (AvgIpc) is 3.56. The number of amides is 1. The maximum Gasteiger partial charge on any atom is 0.252 e. The van der Waals surface area contributed by atoms with Crippen LogP contribution in [0.4, 0.5) is 11.5 Å². The molecule has 0 aliphatic carbocycles. The SMILES string of the molecule is CCC12CCCN1c1nc(-n3ccnc3-c3cccc(-c4cccnc4)c3)ncc1N(C)C2=O. The molecule has 0 spiro atoms. The molecule has 3 aromatic heterocycles. The maximum absolute atomic E-state index is 13.2. The fraction of sp³-hybridized carbons (Fsp3) is 0.269. The lowest BCUT2D eigenvalue weighted by Crippen LogP contribution is -2.59. The summed E-state index contributed by atoms with van der Waals surface area (Å²) in [5.74, 6) is 2.24. The van der Waals surface area contributed by atoms with Crippen molar-refractivity contribution in [1.82, 2.24) is 24.5 Å². The largest absolute Gasteiger partial charge is 0.340 e. The second-order valence-corrected chi connectivity index (χ2v) is 8.83. The number of rotatable bonds is 4. The van der Waals surface area contributed by atoms with Crippen LogP contribution in [-0.2, 0) is 4.79 Å². The van der Waals surface area contributed by atoms with Crippen LogP contribution in [0.5, 0.6) is 0 Å². The molecule has 170 valence electrons. The van der Waals surface area contributed by atoms with E-state index in [1.54, 1.807) is 23.5 Å². The van der Waals surface area contributed by atoms with Crippen LogP contribution in [0.3, 0.4) is 0 Å². The van der Waals surface area contributed by atoms with Gasteiger partial charge in [-0.25, -0.2) is 9.97 Å². The number of benzene rings is 1. The number of carbonyl (C=O) groups excluding carboxylic acids is 1. The molecule has 0 N–H and O–H groups in total. The number of fused-ring (bicyclic) bond motifs is 3. The van der Waals surface area contributed by atoms with Gasteiger partial charge in [-0.05, 0) is 37.0 Å². The van der Waals surface area contributed by atoms with Crippen molar-refractivity contribution in [1.29, 1.82) is 0 Å². The molecule has 1 aromatic carbocycles. The van der Waals surface area contributed by atoms with E-state index in [4.69, 9.17) is 4.98 Å². The molecule has 0 bridgehead atoms. The van der Waals surface area contributed by atoms with Gasteiger partial charge in [0, 0.05) is 49.5 Å². The van der Waals surface area contributed by atoms with Crippen LogP contribution in [0, 0.1) is 0 Å². The number of aromatic nitrogens is 5. The van der Waals surface area contributed by atoms with Crippen molar-refractivity contribution in [3.05, 3.63) is 67.4 Å². The standard InChI is InChI=1S/C26H25N7O/c1-3-26-10-6-13-33(26)23-21(31(2)24(26)34)17-29-25(30-23)32-14-12-28-22(32)19-8-4-7-18(15-19)20-9-5-11-27-16-20/h4-5,7-9,11-12,14-17H,3,6,10,13H2,1-2H3. The molecule has 0 radical (unpaired) electrons. The molecule has 1 atom stereocenters. The van der Waals surface area contributed by atoms with Crippen molar-refractivity contribution < 1.29 is 4.79 Å². The van der Waals surface area contributed by atoms with Gasteiger partial charge in [0.25, 0.3) is 5.91 Å². The summed E-state index contributed by atoms with van der Waals surface area (Å²) in [4.78, 5) is 35.6. The predicted octanol–water partition coefficient (Wildman–Crippen LogP) is 4.12. The summed E-state index contributed by atoms with van der Waals surface area (Å²) in [6.45, 7) is 2.90. The van der Waals surface area contributed by atoms with E-state index in [0.29, 0.717) is 5.95 Å². The Hall–Kier alpha value is -4.07. The zero-order chi connectivity index (χ0) is 23.3. The number of imidazole rings is 1. The molecule has 0 saturated carbocycles. The third kappa shape index (κ3) is 2.95. The van der Waals surface area contributed by atoms with Crippen LogP contribution in [0.15, 0.2) is 67.4 Å². The first kappa shape index (κ1) is 20.5. The molecule has 4 aromatic rings. The van der Waals surface area contributed by atoms with E-state index >= 15 is 0 Å². The van der Waals surface area contributed by atoms with E-state index in [0.717, 1.165) is 59.8 Å². The van der Waals surface area contributed by atoms with E-state index in [1.165, 1.54) is 0 Å². The first-order valence-electron chi connectivity index (χ1n) is 11.6. The molecule has 34 heavy (non-hydrogen) atoms. The van der Waals surface area contributed by atoms with Crippen molar-refractivity contribution in [3.63, 3.8) is 0 Å². The van der Waals surface area contributed by atoms with Gasteiger partial charge in [-0.1, -0.05) is 31.2 Å². The first-order valence-corrected chi connectivity index (χ1v) is 11.6. The Morgan fingerprint density at radius 2 is 1.88 bits per heavy atom. The molecular formula is C26H25N7O. The second kappa shape index (κ2) is 7.76. The van der Waals surface area contributed by atoms with Crippen molar-refractivity contribution in [2.24, 2.45) is 0 Å². The zero-order valence-corrected chi connectivity index (χ0v) is 19.2. The lowest BCUT2D eigenvalue weighted by Gasteiger charge is -2.45. The summed E-state index contributed by atoms with van der Waals surface area (Å²) in [7, 11) is 1.82. The van der Waals surface area contributed by atoms with Gasteiger partial charge in [-0.3, -0.25) is 14.3 Å². The summed E-state index contributed by atoms with van der Waals surface area (Å²) in [5, 5.41) is 0. The van der Waals surface area contributed by atoms with E-state index in [9.17, 15) is 4.79 Å². The monoisotopic (exact) mass is 451 g/mol. The van der Waals surface area contributed by atoms with Crippen LogP contribution in [0.25, 0.3) is 28.5 Å². The fourth-order valence-corrected chi connectivity index (χ4v) is 5.31. The zero-order valence-electron chi connectivity index (χ0n) is 19.2. The Morgan fingerprint density at radius 1 is 1.03 bits per heavy atom. The molecular weight excluding hydrogens is 426 g/mol. The van der Waals surface area contributed by atoms with Gasteiger partial charge < -0.3 is 9.80 Å². The van der Waals surface area contributed by atoms with E-state index in [1.807, 2.05) is 48.3 Å². The molecule has 1 saturated heterocycles. The summed E-state index contributed by atoms with van der Waals surface area (Å²) < 4.78 is 1.91. The van der Waals surface area contributed by atoms with Crippen molar-refractivity contribution in [2.45, 2.75) is 31.7 Å². The Bertz CT molecular complexity index is 1380. The minimum absolute atomic E-state index is 0.131. The summed E-state index contributed by atoms with van der Waals surface area (Å²) >= 11 is 0. The van der Waals surface area contributed by atoms with Gasteiger partial charge in [-0.2, -0.15) is 4.98 Å². The molecule has 1 unspecified atom stereocenters. The Balaban J connectivity index is 1.44. The van der Waals surface area contributed by atoms with Crippen LogP contribution in [-0.4, -0.2) is 49.5 Å².